The van der Waals surface area contributed by atoms with Crippen LogP contribution in [0.5, 0.6) is 0 Å². The zero-order valence-electron chi connectivity index (χ0n) is 17.0. The lowest BCUT2D eigenvalue weighted by molar-refractivity contribution is 0.0564. The molecule has 1 atom stereocenters. The molecule has 0 spiro atoms. The molecular formula is C25H22ClN3O2. The number of rotatable bonds is 4. The molecule has 0 aliphatic carbocycles. The number of oxazole rings is 1. The van der Waals surface area contributed by atoms with Crippen LogP contribution in [0.2, 0.25) is 5.02 Å². The molecule has 0 unspecified atom stereocenters. The van der Waals surface area contributed by atoms with Crippen LogP contribution < -0.4 is 0 Å². The number of fused-ring (bicyclic) bond motifs is 1. The minimum absolute atomic E-state index is 0.0787. The molecule has 6 heteroatoms. The summed E-state index contributed by atoms with van der Waals surface area (Å²) in [5.41, 5.74) is 2.34. The van der Waals surface area contributed by atoms with Crippen molar-refractivity contribution in [3.63, 3.8) is 0 Å². The molecule has 3 heterocycles. The van der Waals surface area contributed by atoms with E-state index in [1.54, 1.807) is 12.3 Å². The molecule has 5 nitrogen and oxygen atoms in total. The van der Waals surface area contributed by atoms with Crippen LogP contribution >= 0.6 is 11.6 Å². The highest BCUT2D eigenvalue weighted by Gasteiger charge is 2.32. The Labute approximate surface area is 185 Å². The molecular weight excluding hydrogens is 410 g/mol. The zero-order valence-corrected chi connectivity index (χ0v) is 17.8. The van der Waals surface area contributed by atoms with E-state index in [0.717, 1.165) is 41.5 Å². The summed E-state index contributed by atoms with van der Waals surface area (Å²) in [6.45, 7) is 0.671. The normalized spacial score (nSPS) is 16.5. The summed E-state index contributed by atoms with van der Waals surface area (Å²) in [5, 5.41) is 1.72. The average molecular weight is 432 g/mol. The maximum atomic E-state index is 13.3. The summed E-state index contributed by atoms with van der Waals surface area (Å²) in [7, 11) is 0. The molecule has 0 radical (unpaired) electrons. The monoisotopic (exact) mass is 431 g/mol. The molecule has 2 aromatic heterocycles. The number of halogens is 1. The van der Waals surface area contributed by atoms with Crippen LogP contribution in [-0.2, 0) is 6.42 Å². The lowest BCUT2D eigenvalue weighted by Gasteiger charge is -2.33. The van der Waals surface area contributed by atoms with E-state index in [-0.39, 0.29) is 11.9 Å². The van der Waals surface area contributed by atoms with Crippen molar-refractivity contribution in [2.75, 3.05) is 6.54 Å². The van der Waals surface area contributed by atoms with Crippen LogP contribution in [-0.4, -0.2) is 27.3 Å². The van der Waals surface area contributed by atoms with Gasteiger partial charge in [0.2, 0.25) is 5.89 Å². The predicted molar refractivity (Wildman–Crippen MR) is 120 cm³/mol. The second-order valence-corrected chi connectivity index (χ2v) is 8.31. The Balaban J connectivity index is 1.39. The molecule has 1 aliphatic heterocycles. The summed E-state index contributed by atoms with van der Waals surface area (Å²) in [6.07, 6.45) is 5.19. The minimum atomic E-state index is -0.178. The SMILES string of the molecule is O=C(c1ccc2ccccc2n1)N1CCCC[C@H]1c1ncc(Cc2cccc(Cl)c2)o1. The molecule has 156 valence electrons. The van der Waals surface area contributed by atoms with Crippen molar-refractivity contribution in [1.29, 1.82) is 0 Å². The van der Waals surface area contributed by atoms with E-state index in [2.05, 4.69) is 9.97 Å². The predicted octanol–water partition coefficient (Wildman–Crippen LogP) is 5.83. The number of amides is 1. The third-order valence-electron chi connectivity index (χ3n) is 5.71. The minimum Gasteiger partial charge on any atom is -0.443 e. The Kier molecular flexibility index (Phi) is 5.43. The number of benzene rings is 2. The van der Waals surface area contributed by atoms with Gasteiger partial charge in [0, 0.05) is 23.4 Å². The summed E-state index contributed by atoms with van der Waals surface area (Å²) < 4.78 is 6.08. The van der Waals surface area contributed by atoms with E-state index in [0.29, 0.717) is 29.6 Å². The molecule has 4 aromatic rings. The smallest absolute Gasteiger partial charge is 0.273 e. The van der Waals surface area contributed by atoms with Gasteiger partial charge in [-0.2, -0.15) is 0 Å². The van der Waals surface area contributed by atoms with Gasteiger partial charge in [-0.25, -0.2) is 9.97 Å². The van der Waals surface area contributed by atoms with Crippen LogP contribution in [0.3, 0.4) is 0 Å². The van der Waals surface area contributed by atoms with Crippen molar-refractivity contribution >= 4 is 28.4 Å². The molecule has 1 saturated heterocycles. The Hall–Kier alpha value is -3.18. The third kappa shape index (κ3) is 4.19. The highest BCUT2D eigenvalue weighted by Crippen LogP contribution is 2.32. The number of hydrogen-bond acceptors (Lipinski definition) is 4. The summed E-state index contributed by atoms with van der Waals surface area (Å²) in [4.78, 5) is 24.3. The van der Waals surface area contributed by atoms with Gasteiger partial charge in [0.1, 0.15) is 17.5 Å². The summed E-state index contributed by atoms with van der Waals surface area (Å²) >= 11 is 6.09. The first kappa shape index (κ1) is 19.8. The zero-order chi connectivity index (χ0) is 21.2. The summed E-state index contributed by atoms with van der Waals surface area (Å²) in [5.74, 6) is 1.27. The van der Waals surface area contributed by atoms with Crippen molar-refractivity contribution in [2.24, 2.45) is 0 Å². The number of nitrogens with zero attached hydrogens (tertiary/aromatic N) is 3. The highest BCUT2D eigenvalue weighted by molar-refractivity contribution is 6.30. The van der Waals surface area contributed by atoms with Crippen LogP contribution in [0.15, 0.2) is 71.3 Å². The molecule has 2 aromatic carbocycles. The lowest BCUT2D eigenvalue weighted by Crippen LogP contribution is -2.39. The molecule has 1 fully saturated rings. The largest absolute Gasteiger partial charge is 0.443 e. The van der Waals surface area contributed by atoms with E-state index < -0.39 is 0 Å². The first-order valence-electron chi connectivity index (χ1n) is 10.5. The molecule has 5 rings (SSSR count). The van der Waals surface area contributed by atoms with Gasteiger partial charge in [0.05, 0.1) is 11.7 Å². The molecule has 31 heavy (non-hydrogen) atoms. The number of carbonyl (C=O) groups is 1. The fourth-order valence-corrected chi connectivity index (χ4v) is 4.38. The van der Waals surface area contributed by atoms with Gasteiger partial charge in [0.15, 0.2) is 0 Å². The Morgan fingerprint density at radius 1 is 1.10 bits per heavy atom. The first-order valence-corrected chi connectivity index (χ1v) is 10.9. The Morgan fingerprint density at radius 3 is 2.90 bits per heavy atom. The summed E-state index contributed by atoms with van der Waals surface area (Å²) in [6, 6.07) is 19.1. The quantitative estimate of drug-likeness (QED) is 0.407. The number of carbonyl (C=O) groups excluding carboxylic acids is 1. The van der Waals surface area contributed by atoms with Crippen molar-refractivity contribution in [1.82, 2.24) is 14.9 Å². The van der Waals surface area contributed by atoms with Gasteiger partial charge in [-0.3, -0.25) is 4.79 Å². The number of likely N-dealkylation sites (tertiary alicyclic amines) is 1. The maximum absolute atomic E-state index is 13.3. The van der Waals surface area contributed by atoms with E-state index in [4.69, 9.17) is 16.0 Å². The molecule has 1 aliphatic rings. The maximum Gasteiger partial charge on any atom is 0.273 e. The van der Waals surface area contributed by atoms with E-state index in [9.17, 15) is 4.79 Å². The van der Waals surface area contributed by atoms with E-state index >= 15 is 0 Å². The number of aromatic nitrogens is 2. The van der Waals surface area contributed by atoms with Crippen LogP contribution in [0, 0.1) is 0 Å². The van der Waals surface area contributed by atoms with E-state index in [1.807, 2.05) is 59.5 Å². The third-order valence-corrected chi connectivity index (χ3v) is 5.94. The van der Waals surface area contributed by atoms with Gasteiger partial charge in [-0.05, 0) is 49.1 Å². The van der Waals surface area contributed by atoms with E-state index in [1.165, 1.54) is 0 Å². The second-order valence-electron chi connectivity index (χ2n) is 7.87. The van der Waals surface area contributed by atoms with Crippen molar-refractivity contribution < 1.29 is 9.21 Å². The fourth-order valence-electron chi connectivity index (χ4n) is 4.17. The average Bonchev–Trinajstić information content (AvgIpc) is 3.26. The van der Waals surface area contributed by atoms with Gasteiger partial charge in [0.25, 0.3) is 5.91 Å². The van der Waals surface area contributed by atoms with Crippen molar-refractivity contribution in [3.8, 4) is 0 Å². The molecule has 0 saturated carbocycles. The van der Waals surface area contributed by atoms with Gasteiger partial charge in [-0.1, -0.05) is 48.0 Å². The standard InChI is InChI=1S/C25H22ClN3O2/c26-19-8-5-6-17(14-19)15-20-16-27-24(31-20)23-10-3-4-13-29(23)25(30)22-12-11-18-7-1-2-9-21(18)28-22/h1-2,5-9,11-12,14,16,23H,3-4,10,13,15H2/t23-/m0/s1. The Bertz CT molecular complexity index is 1240. The topological polar surface area (TPSA) is 59.2 Å². The Morgan fingerprint density at radius 2 is 2.00 bits per heavy atom. The van der Waals surface area contributed by atoms with Gasteiger partial charge in [-0.15, -0.1) is 0 Å². The van der Waals surface area contributed by atoms with Crippen LogP contribution in [0.4, 0.5) is 0 Å². The lowest BCUT2D eigenvalue weighted by atomic mass is 10.0. The fraction of sp³-hybridized carbons (Fsp3) is 0.240. The van der Waals surface area contributed by atoms with Crippen LogP contribution in [0.25, 0.3) is 10.9 Å². The van der Waals surface area contributed by atoms with Gasteiger partial charge < -0.3 is 9.32 Å². The molecule has 0 bridgehead atoms. The molecule has 0 N–H and O–H groups in total. The number of piperidine rings is 1. The van der Waals surface area contributed by atoms with Crippen LogP contribution in [0.1, 0.15) is 53.0 Å². The highest BCUT2D eigenvalue weighted by atomic mass is 35.5. The second kappa shape index (κ2) is 8.52. The van der Waals surface area contributed by atoms with Gasteiger partial charge >= 0.3 is 0 Å². The molecule has 1 amide bonds. The number of pyridine rings is 1. The first-order chi connectivity index (χ1) is 15.2. The van der Waals surface area contributed by atoms with Crippen molar-refractivity contribution in [3.05, 3.63) is 94.8 Å². The number of para-hydroxylation sites is 1. The van der Waals surface area contributed by atoms with Crippen molar-refractivity contribution in [2.45, 2.75) is 31.7 Å². The number of hydrogen-bond donors (Lipinski definition) is 0.